The summed E-state index contributed by atoms with van der Waals surface area (Å²) in [5, 5.41) is 12.8. The number of aryl methyl sites for hydroxylation is 1. The number of hydrogen-bond acceptors (Lipinski definition) is 4. The highest BCUT2D eigenvalue weighted by atomic mass is 35.5. The van der Waals surface area contributed by atoms with Crippen LogP contribution in [-0.4, -0.2) is 4.98 Å². The summed E-state index contributed by atoms with van der Waals surface area (Å²) in [7, 11) is 0. The van der Waals surface area contributed by atoms with Crippen LogP contribution in [-0.2, 0) is 0 Å². The fourth-order valence-corrected chi connectivity index (χ4v) is 3.71. The predicted octanol–water partition coefficient (Wildman–Crippen LogP) is 5.90. The smallest absolute Gasteiger partial charge is 0.134 e. The SMILES string of the molecule is Cc1ccc(/C=C(\C#N)c2nc(-c3ccc(Cl)cc3)cs2)s1. The molecule has 0 aliphatic heterocycles. The Labute approximate surface area is 142 Å². The maximum Gasteiger partial charge on any atom is 0.134 e. The molecule has 0 N–H and O–H groups in total. The molecule has 3 aromatic rings. The van der Waals surface area contributed by atoms with E-state index in [9.17, 15) is 5.26 Å². The third kappa shape index (κ3) is 3.28. The molecule has 0 saturated carbocycles. The highest BCUT2D eigenvalue weighted by molar-refractivity contribution is 7.13. The van der Waals surface area contributed by atoms with Gasteiger partial charge in [-0.2, -0.15) is 5.26 Å². The van der Waals surface area contributed by atoms with Crippen molar-refractivity contribution in [3.8, 4) is 17.3 Å². The van der Waals surface area contributed by atoms with Crippen molar-refractivity contribution in [2.24, 2.45) is 0 Å². The topological polar surface area (TPSA) is 36.7 Å². The minimum absolute atomic E-state index is 0.590. The van der Waals surface area contributed by atoms with Crippen molar-refractivity contribution in [3.05, 3.63) is 61.6 Å². The van der Waals surface area contributed by atoms with Crippen LogP contribution in [0.15, 0.2) is 41.8 Å². The number of benzene rings is 1. The van der Waals surface area contributed by atoms with Crippen molar-refractivity contribution in [1.82, 2.24) is 4.98 Å². The third-order valence-corrected chi connectivity index (χ3v) is 5.12. The number of nitrogens with zero attached hydrogens (tertiary/aromatic N) is 2. The molecule has 22 heavy (non-hydrogen) atoms. The first-order valence-corrected chi connectivity index (χ1v) is 8.63. The van der Waals surface area contributed by atoms with Gasteiger partial charge in [-0.05, 0) is 37.3 Å². The van der Waals surface area contributed by atoms with Gasteiger partial charge >= 0.3 is 0 Å². The summed E-state index contributed by atoms with van der Waals surface area (Å²) >= 11 is 9.04. The second kappa shape index (κ2) is 6.45. The van der Waals surface area contributed by atoms with Crippen molar-refractivity contribution < 1.29 is 0 Å². The van der Waals surface area contributed by atoms with Crippen LogP contribution in [0.5, 0.6) is 0 Å². The molecular weight excluding hydrogens is 332 g/mol. The molecule has 0 radical (unpaired) electrons. The Hall–Kier alpha value is -1.93. The molecular formula is C17H11ClN2S2. The molecule has 5 heteroatoms. The normalized spacial score (nSPS) is 11.4. The number of allylic oxidation sites excluding steroid dienone is 1. The zero-order valence-corrected chi connectivity index (χ0v) is 14.1. The molecule has 0 saturated heterocycles. The van der Waals surface area contributed by atoms with Crippen LogP contribution in [0.1, 0.15) is 14.8 Å². The van der Waals surface area contributed by atoms with E-state index in [0.29, 0.717) is 10.6 Å². The lowest BCUT2D eigenvalue weighted by molar-refractivity contribution is 1.37. The summed E-state index contributed by atoms with van der Waals surface area (Å²) in [6.07, 6.45) is 1.89. The van der Waals surface area contributed by atoms with E-state index in [-0.39, 0.29) is 0 Å². The average molecular weight is 343 g/mol. The molecule has 0 unspecified atom stereocenters. The molecule has 0 amide bonds. The van der Waals surface area contributed by atoms with Gasteiger partial charge in [-0.15, -0.1) is 22.7 Å². The van der Waals surface area contributed by atoms with Crippen molar-refractivity contribution in [2.45, 2.75) is 6.92 Å². The van der Waals surface area contributed by atoms with Crippen molar-refractivity contribution in [1.29, 1.82) is 5.26 Å². The lowest BCUT2D eigenvalue weighted by Gasteiger charge is -1.96. The number of aromatic nitrogens is 1. The zero-order valence-electron chi connectivity index (χ0n) is 11.7. The quantitative estimate of drug-likeness (QED) is 0.556. The molecule has 2 heterocycles. The van der Waals surface area contributed by atoms with Crippen molar-refractivity contribution in [2.75, 3.05) is 0 Å². The minimum Gasteiger partial charge on any atom is -0.235 e. The predicted molar refractivity (Wildman–Crippen MR) is 95.1 cm³/mol. The van der Waals surface area contributed by atoms with Crippen LogP contribution in [0.2, 0.25) is 5.02 Å². The molecule has 1 aromatic carbocycles. The lowest BCUT2D eigenvalue weighted by atomic mass is 10.2. The zero-order chi connectivity index (χ0) is 15.5. The van der Waals surface area contributed by atoms with E-state index in [1.807, 2.05) is 47.9 Å². The molecule has 2 aromatic heterocycles. The van der Waals surface area contributed by atoms with Gasteiger partial charge in [0.25, 0.3) is 0 Å². The standard InChI is InChI=1S/C17H11ClN2S2/c1-11-2-7-15(22-11)8-13(9-19)17-20-16(10-21-17)12-3-5-14(18)6-4-12/h2-8,10H,1H3/b13-8+. The fraction of sp³-hybridized carbons (Fsp3) is 0.0588. The van der Waals surface area contributed by atoms with E-state index in [1.54, 1.807) is 11.3 Å². The Bertz CT molecular complexity index is 867. The van der Waals surface area contributed by atoms with Crippen LogP contribution in [0, 0.1) is 18.3 Å². The summed E-state index contributed by atoms with van der Waals surface area (Å²) in [4.78, 5) is 6.87. The van der Waals surface area contributed by atoms with E-state index in [1.165, 1.54) is 16.2 Å². The molecule has 0 fully saturated rings. The molecule has 108 valence electrons. The van der Waals surface area contributed by atoms with Gasteiger partial charge in [0.05, 0.1) is 11.3 Å². The van der Waals surface area contributed by atoms with Crippen molar-refractivity contribution in [3.63, 3.8) is 0 Å². The van der Waals surface area contributed by atoms with Gasteiger partial charge in [-0.3, -0.25) is 0 Å². The second-order valence-electron chi connectivity index (χ2n) is 4.66. The Balaban J connectivity index is 1.93. The maximum absolute atomic E-state index is 9.40. The van der Waals surface area contributed by atoms with Gasteiger partial charge in [0.1, 0.15) is 11.1 Å². The number of nitriles is 1. The van der Waals surface area contributed by atoms with E-state index < -0.39 is 0 Å². The number of thiophene rings is 1. The number of thiazole rings is 1. The van der Waals surface area contributed by atoms with E-state index in [4.69, 9.17) is 11.6 Å². The Morgan fingerprint density at radius 1 is 1.23 bits per heavy atom. The van der Waals surface area contributed by atoms with Gasteiger partial charge in [-0.25, -0.2) is 4.98 Å². The number of hydrogen-bond donors (Lipinski definition) is 0. The first kappa shape index (κ1) is 15.0. The summed E-state index contributed by atoms with van der Waals surface area (Å²) in [5.74, 6) is 0. The van der Waals surface area contributed by atoms with E-state index in [2.05, 4.69) is 18.0 Å². The van der Waals surface area contributed by atoms with Crippen LogP contribution in [0.25, 0.3) is 22.9 Å². The Morgan fingerprint density at radius 2 is 2.00 bits per heavy atom. The number of rotatable bonds is 3. The lowest BCUT2D eigenvalue weighted by Crippen LogP contribution is -1.82. The van der Waals surface area contributed by atoms with Gasteiger partial charge in [0, 0.05) is 25.7 Å². The monoisotopic (exact) mass is 342 g/mol. The minimum atomic E-state index is 0.590. The molecule has 3 rings (SSSR count). The molecule has 0 aliphatic rings. The fourth-order valence-electron chi connectivity index (χ4n) is 1.97. The average Bonchev–Trinajstić information content (AvgIpc) is 3.15. The summed E-state index contributed by atoms with van der Waals surface area (Å²) in [6, 6.07) is 13.8. The van der Waals surface area contributed by atoms with Gasteiger partial charge in [0.15, 0.2) is 0 Å². The van der Waals surface area contributed by atoms with Gasteiger partial charge in [-0.1, -0.05) is 23.7 Å². The van der Waals surface area contributed by atoms with Crippen LogP contribution < -0.4 is 0 Å². The van der Waals surface area contributed by atoms with E-state index in [0.717, 1.165) is 21.1 Å². The third-order valence-electron chi connectivity index (χ3n) is 3.04. The van der Waals surface area contributed by atoms with Gasteiger partial charge in [0.2, 0.25) is 0 Å². The van der Waals surface area contributed by atoms with Crippen LogP contribution >= 0.6 is 34.3 Å². The summed E-state index contributed by atoms with van der Waals surface area (Å²) in [5.41, 5.74) is 2.45. The largest absolute Gasteiger partial charge is 0.235 e. The molecule has 0 atom stereocenters. The highest BCUT2D eigenvalue weighted by Gasteiger charge is 2.09. The second-order valence-corrected chi connectivity index (χ2v) is 7.28. The summed E-state index contributed by atoms with van der Waals surface area (Å²) in [6.45, 7) is 2.05. The highest BCUT2D eigenvalue weighted by Crippen LogP contribution is 2.29. The molecule has 0 aliphatic carbocycles. The maximum atomic E-state index is 9.40. The van der Waals surface area contributed by atoms with Crippen LogP contribution in [0.4, 0.5) is 0 Å². The molecule has 0 spiro atoms. The Morgan fingerprint density at radius 3 is 2.64 bits per heavy atom. The molecule has 2 nitrogen and oxygen atoms in total. The Kier molecular flexibility index (Phi) is 4.39. The van der Waals surface area contributed by atoms with Crippen molar-refractivity contribution >= 4 is 45.9 Å². The first-order chi connectivity index (χ1) is 10.7. The first-order valence-electron chi connectivity index (χ1n) is 6.56. The summed E-state index contributed by atoms with van der Waals surface area (Å²) < 4.78 is 0. The number of halogens is 1. The van der Waals surface area contributed by atoms with Gasteiger partial charge < -0.3 is 0 Å². The molecule has 0 bridgehead atoms. The van der Waals surface area contributed by atoms with E-state index >= 15 is 0 Å². The van der Waals surface area contributed by atoms with Crippen LogP contribution in [0.3, 0.4) is 0 Å².